The number of rotatable bonds is 3. The van der Waals surface area contributed by atoms with Gasteiger partial charge in [-0.3, -0.25) is 4.79 Å². The molecule has 2 nitrogen and oxygen atoms in total. The molecule has 1 N–H and O–H groups in total. The van der Waals surface area contributed by atoms with Crippen molar-refractivity contribution in [3.63, 3.8) is 0 Å². The van der Waals surface area contributed by atoms with Crippen LogP contribution in [0.3, 0.4) is 0 Å². The number of hydrogen-bond donors (Lipinski definition) is 1. The monoisotopic (exact) mass is 265 g/mol. The first kappa shape index (κ1) is 12.3. The van der Waals surface area contributed by atoms with Gasteiger partial charge in [-0.2, -0.15) is 0 Å². The van der Waals surface area contributed by atoms with Crippen molar-refractivity contribution in [2.45, 2.75) is 27.3 Å². The predicted molar refractivity (Wildman–Crippen MR) is 74.0 cm³/mol. The molecule has 0 fully saturated rings. The van der Waals surface area contributed by atoms with Crippen LogP contribution in [0.4, 0.5) is 0 Å². The normalized spacial score (nSPS) is 10.5. The Kier molecular flexibility index (Phi) is 3.64. The van der Waals surface area contributed by atoms with Crippen molar-refractivity contribution in [2.24, 2.45) is 0 Å². The third-order valence-corrected chi connectivity index (χ3v) is 4.65. The maximum atomic E-state index is 12.0. The van der Waals surface area contributed by atoms with Gasteiger partial charge in [0.2, 0.25) is 0 Å². The molecule has 90 valence electrons. The van der Waals surface area contributed by atoms with Crippen molar-refractivity contribution in [3.05, 3.63) is 43.3 Å². The fourth-order valence-electron chi connectivity index (χ4n) is 1.70. The summed E-state index contributed by atoms with van der Waals surface area (Å²) in [6.45, 7) is 6.70. The van der Waals surface area contributed by atoms with Crippen molar-refractivity contribution in [1.82, 2.24) is 5.32 Å². The van der Waals surface area contributed by atoms with Crippen LogP contribution in [0.15, 0.2) is 17.5 Å². The van der Waals surface area contributed by atoms with Crippen LogP contribution in [0.2, 0.25) is 0 Å². The zero-order valence-electron chi connectivity index (χ0n) is 10.2. The van der Waals surface area contributed by atoms with E-state index in [0.29, 0.717) is 6.54 Å². The fourth-order valence-corrected chi connectivity index (χ4v) is 3.46. The summed E-state index contributed by atoms with van der Waals surface area (Å²) in [6, 6.07) is 4.03. The van der Waals surface area contributed by atoms with E-state index in [-0.39, 0.29) is 5.91 Å². The van der Waals surface area contributed by atoms with Crippen molar-refractivity contribution in [2.75, 3.05) is 0 Å². The topological polar surface area (TPSA) is 29.1 Å². The fraction of sp³-hybridized carbons (Fsp3) is 0.308. The lowest BCUT2D eigenvalue weighted by molar-refractivity contribution is 0.0951. The summed E-state index contributed by atoms with van der Waals surface area (Å²) in [7, 11) is 0. The summed E-state index contributed by atoms with van der Waals surface area (Å²) in [5.41, 5.74) is 2.05. The smallest absolute Gasteiger partial charge is 0.252 e. The summed E-state index contributed by atoms with van der Waals surface area (Å²) >= 11 is 3.35. The SMILES string of the molecule is Cc1cc(C(=O)NCc2sccc2C)c(C)s1. The van der Waals surface area contributed by atoms with Crippen LogP contribution in [0.5, 0.6) is 0 Å². The lowest BCUT2D eigenvalue weighted by atomic mass is 10.2. The van der Waals surface area contributed by atoms with Crippen molar-refractivity contribution < 1.29 is 4.79 Å². The molecule has 0 spiro atoms. The van der Waals surface area contributed by atoms with Crippen molar-refractivity contribution >= 4 is 28.6 Å². The van der Waals surface area contributed by atoms with Crippen LogP contribution < -0.4 is 5.32 Å². The molecule has 0 saturated heterocycles. The molecule has 1 amide bonds. The number of amides is 1. The summed E-state index contributed by atoms with van der Waals surface area (Å²) in [6.07, 6.45) is 0. The molecule has 2 aromatic rings. The van der Waals surface area contributed by atoms with Gasteiger partial charge in [-0.15, -0.1) is 22.7 Å². The maximum absolute atomic E-state index is 12.0. The quantitative estimate of drug-likeness (QED) is 0.901. The summed E-state index contributed by atoms with van der Waals surface area (Å²) in [4.78, 5) is 15.5. The first-order chi connectivity index (χ1) is 8.08. The third-order valence-electron chi connectivity index (χ3n) is 2.66. The number of thiophene rings is 2. The number of nitrogens with one attached hydrogen (secondary N) is 1. The Morgan fingerprint density at radius 3 is 2.65 bits per heavy atom. The van der Waals surface area contributed by atoms with Gasteiger partial charge in [0.25, 0.3) is 5.91 Å². The Hall–Kier alpha value is -1.13. The Bertz CT molecular complexity index is 539. The van der Waals surface area contributed by atoms with Gasteiger partial charge in [0, 0.05) is 14.6 Å². The van der Waals surface area contributed by atoms with Gasteiger partial charge in [0.05, 0.1) is 12.1 Å². The Balaban J connectivity index is 2.03. The lowest BCUT2D eigenvalue weighted by Crippen LogP contribution is -2.22. The van der Waals surface area contributed by atoms with Gasteiger partial charge >= 0.3 is 0 Å². The molecule has 2 rings (SSSR count). The zero-order valence-corrected chi connectivity index (χ0v) is 11.8. The molecule has 0 radical (unpaired) electrons. The maximum Gasteiger partial charge on any atom is 0.252 e. The van der Waals surface area contributed by atoms with Gasteiger partial charge < -0.3 is 5.32 Å². The molecule has 2 heterocycles. The molecule has 4 heteroatoms. The van der Waals surface area contributed by atoms with E-state index in [2.05, 4.69) is 23.7 Å². The van der Waals surface area contributed by atoms with Gasteiger partial charge in [0.1, 0.15) is 0 Å². The van der Waals surface area contributed by atoms with E-state index < -0.39 is 0 Å². The molecule has 0 saturated carbocycles. The van der Waals surface area contributed by atoms with E-state index in [0.717, 1.165) is 10.4 Å². The lowest BCUT2D eigenvalue weighted by Gasteiger charge is -2.04. The second kappa shape index (κ2) is 5.02. The molecular weight excluding hydrogens is 250 g/mol. The Morgan fingerprint density at radius 2 is 2.12 bits per heavy atom. The summed E-state index contributed by atoms with van der Waals surface area (Å²) in [5.74, 6) is 0.0275. The van der Waals surface area contributed by atoms with E-state index in [1.807, 2.05) is 19.9 Å². The average molecular weight is 265 g/mol. The standard InChI is InChI=1S/C13H15NOS2/c1-8-4-5-16-12(8)7-14-13(15)11-6-9(2)17-10(11)3/h4-6H,7H2,1-3H3,(H,14,15). The average Bonchev–Trinajstić information content (AvgIpc) is 2.81. The second-order valence-corrected chi connectivity index (χ2v) is 6.50. The molecule has 0 bridgehead atoms. The van der Waals surface area contributed by atoms with Crippen molar-refractivity contribution in [3.8, 4) is 0 Å². The molecule has 2 aromatic heterocycles. The zero-order chi connectivity index (χ0) is 12.4. The summed E-state index contributed by atoms with van der Waals surface area (Å²) < 4.78 is 0. The number of carbonyl (C=O) groups is 1. The van der Waals surface area contributed by atoms with Crippen LogP contribution in [0.25, 0.3) is 0 Å². The number of carbonyl (C=O) groups excluding carboxylic acids is 1. The minimum absolute atomic E-state index is 0.0275. The predicted octanol–water partition coefficient (Wildman–Crippen LogP) is 3.66. The second-order valence-electron chi connectivity index (χ2n) is 4.04. The molecule has 0 aliphatic heterocycles. The minimum Gasteiger partial charge on any atom is -0.347 e. The number of hydrogen-bond acceptors (Lipinski definition) is 3. The van der Waals surface area contributed by atoms with E-state index in [1.165, 1.54) is 15.3 Å². The van der Waals surface area contributed by atoms with Gasteiger partial charge in [-0.25, -0.2) is 0 Å². The van der Waals surface area contributed by atoms with Crippen LogP contribution in [-0.4, -0.2) is 5.91 Å². The van der Waals surface area contributed by atoms with Crippen LogP contribution in [-0.2, 0) is 6.54 Å². The van der Waals surface area contributed by atoms with E-state index in [1.54, 1.807) is 22.7 Å². The summed E-state index contributed by atoms with van der Waals surface area (Å²) in [5, 5.41) is 5.03. The van der Waals surface area contributed by atoms with Crippen LogP contribution >= 0.6 is 22.7 Å². The molecule has 0 atom stereocenters. The molecular formula is C13H15NOS2. The van der Waals surface area contributed by atoms with E-state index in [4.69, 9.17) is 0 Å². The van der Waals surface area contributed by atoms with Gasteiger partial charge in [-0.05, 0) is 43.8 Å². The third kappa shape index (κ3) is 2.76. The highest BCUT2D eigenvalue weighted by Gasteiger charge is 2.11. The highest BCUT2D eigenvalue weighted by Crippen LogP contribution is 2.21. The van der Waals surface area contributed by atoms with Crippen LogP contribution in [0.1, 0.15) is 30.6 Å². The molecule has 0 aliphatic rings. The van der Waals surface area contributed by atoms with Gasteiger partial charge in [0.15, 0.2) is 0 Å². The van der Waals surface area contributed by atoms with Crippen LogP contribution in [0, 0.1) is 20.8 Å². The number of aryl methyl sites for hydroxylation is 3. The largest absolute Gasteiger partial charge is 0.347 e. The minimum atomic E-state index is 0.0275. The molecule has 0 aliphatic carbocycles. The van der Waals surface area contributed by atoms with Crippen molar-refractivity contribution in [1.29, 1.82) is 0 Å². The first-order valence-electron chi connectivity index (χ1n) is 5.46. The van der Waals surface area contributed by atoms with E-state index >= 15 is 0 Å². The Morgan fingerprint density at radius 1 is 1.35 bits per heavy atom. The highest BCUT2D eigenvalue weighted by molar-refractivity contribution is 7.12. The molecule has 17 heavy (non-hydrogen) atoms. The van der Waals surface area contributed by atoms with Gasteiger partial charge in [-0.1, -0.05) is 0 Å². The first-order valence-corrected chi connectivity index (χ1v) is 7.15. The Labute approximate surface area is 109 Å². The highest BCUT2D eigenvalue weighted by atomic mass is 32.1. The molecule has 0 aromatic carbocycles. The molecule has 0 unspecified atom stereocenters. The van der Waals surface area contributed by atoms with E-state index in [9.17, 15) is 4.79 Å².